The van der Waals surface area contributed by atoms with E-state index in [0.29, 0.717) is 18.8 Å². The Balaban J connectivity index is 1.99. The predicted molar refractivity (Wildman–Crippen MR) is 73.2 cm³/mol. The maximum atomic E-state index is 12.5. The van der Waals surface area contributed by atoms with Gasteiger partial charge in [-0.2, -0.15) is 0 Å². The Labute approximate surface area is 117 Å². The molecule has 0 spiro atoms. The van der Waals surface area contributed by atoms with Gasteiger partial charge in [-0.3, -0.25) is 20.0 Å². The summed E-state index contributed by atoms with van der Waals surface area (Å²) < 4.78 is 5.22. The molecule has 1 aromatic carbocycles. The van der Waals surface area contributed by atoms with E-state index in [-0.39, 0.29) is 11.7 Å². The number of rotatable bonds is 3. The third kappa shape index (κ3) is 2.10. The molecule has 2 heterocycles. The molecular weight excluding hydrogens is 256 g/mol. The summed E-state index contributed by atoms with van der Waals surface area (Å²) in [5, 5.41) is 1.45. The van der Waals surface area contributed by atoms with Crippen molar-refractivity contribution in [2.45, 2.75) is 19.4 Å². The van der Waals surface area contributed by atoms with E-state index in [9.17, 15) is 9.59 Å². The Hall–Kier alpha value is -2.14. The Morgan fingerprint density at radius 2 is 1.95 bits per heavy atom. The van der Waals surface area contributed by atoms with E-state index in [4.69, 9.17) is 4.74 Å². The molecule has 5 nitrogen and oxygen atoms in total. The number of carbonyl (C=O) groups is 2. The molecule has 5 heteroatoms. The zero-order valence-corrected chi connectivity index (χ0v) is 11.5. The van der Waals surface area contributed by atoms with Gasteiger partial charge in [-0.1, -0.05) is 30.3 Å². The highest BCUT2D eigenvalue weighted by atomic mass is 16.6. The second kappa shape index (κ2) is 4.45. The lowest BCUT2D eigenvalue weighted by atomic mass is 9.98. The number of Topliss-reactive ketones (excluding diaryl/α,β-unsaturated/α-hetero) is 1. The first-order valence-electron chi connectivity index (χ1n) is 6.53. The molecular formula is C15H16N2O3. The van der Waals surface area contributed by atoms with Crippen LogP contribution in [-0.4, -0.2) is 35.5 Å². The summed E-state index contributed by atoms with van der Waals surface area (Å²) in [7, 11) is 0. The van der Waals surface area contributed by atoms with Crippen molar-refractivity contribution in [1.29, 1.82) is 0 Å². The minimum Gasteiger partial charge on any atom is -0.361 e. The smallest absolute Gasteiger partial charge is 0.238 e. The highest BCUT2D eigenvalue weighted by Crippen LogP contribution is 2.34. The van der Waals surface area contributed by atoms with Crippen molar-refractivity contribution < 1.29 is 14.3 Å². The van der Waals surface area contributed by atoms with E-state index in [0.717, 1.165) is 11.1 Å². The predicted octanol–water partition coefficient (Wildman–Crippen LogP) is 1.12. The first kappa shape index (κ1) is 12.9. The van der Waals surface area contributed by atoms with Gasteiger partial charge in [0.15, 0.2) is 5.60 Å². The van der Waals surface area contributed by atoms with Crippen molar-refractivity contribution in [1.82, 2.24) is 10.4 Å². The first-order valence-corrected chi connectivity index (χ1v) is 6.53. The van der Waals surface area contributed by atoms with Gasteiger partial charge in [-0.15, -0.1) is 0 Å². The topological polar surface area (TPSA) is 61.9 Å². The van der Waals surface area contributed by atoms with Crippen LogP contribution in [0.2, 0.25) is 0 Å². The van der Waals surface area contributed by atoms with Crippen LogP contribution in [-0.2, 0) is 14.3 Å². The third-order valence-electron chi connectivity index (χ3n) is 3.65. The fraction of sp³-hybridized carbons (Fsp3) is 0.333. The number of hydrogen-bond donors (Lipinski definition) is 1. The maximum absolute atomic E-state index is 12.5. The lowest BCUT2D eigenvalue weighted by Gasteiger charge is -2.15. The van der Waals surface area contributed by atoms with Crippen molar-refractivity contribution in [2.75, 3.05) is 13.2 Å². The molecule has 1 N–H and O–H groups in total. The minimum absolute atomic E-state index is 0.0971. The third-order valence-corrected chi connectivity index (χ3v) is 3.65. The molecule has 0 aromatic heterocycles. The molecule has 2 aliphatic rings. The normalized spacial score (nSPS) is 24.6. The number of ketones is 1. The number of hydrazine groups is 1. The minimum atomic E-state index is -0.741. The van der Waals surface area contributed by atoms with Gasteiger partial charge in [-0.25, -0.2) is 0 Å². The number of amides is 1. The molecule has 1 amide bonds. The van der Waals surface area contributed by atoms with Crippen LogP contribution in [0, 0.1) is 0 Å². The SMILES string of the molecule is CC(=O)N1CC(c2ccccc2)=C(C(=O)[C@@]2(C)CO2)N1. The summed E-state index contributed by atoms with van der Waals surface area (Å²) in [6.07, 6.45) is 0. The molecule has 1 atom stereocenters. The lowest BCUT2D eigenvalue weighted by Crippen LogP contribution is -2.39. The van der Waals surface area contributed by atoms with Crippen LogP contribution in [0.5, 0.6) is 0 Å². The fourth-order valence-electron chi connectivity index (χ4n) is 2.24. The molecule has 0 bridgehead atoms. The van der Waals surface area contributed by atoms with Gasteiger partial charge in [0, 0.05) is 12.5 Å². The van der Waals surface area contributed by atoms with E-state index in [1.807, 2.05) is 30.3 Å². The average molecular weight is 272 g/mol. The molecule has 20 heavy (non-hydrogen) atoms. The molecule has 0 unspecified atom stereocenters. The van der Waals surface area contributed by atoms with Crippen molar-refractivity contribution in [3.05, 3.63) is 41.6 Å². The van der Waals surface area contributed by atoms with E-state index < -0.39 is 5.60 Å². The van der Waals surface area contributed by atoms with Crippen molar-refractivity contribution in [3.63, 3.8) is 0 Å². The molecule has 0 saturated carbocycles. The van der Waals surface area contributed by atoms with Crippen LogP contribution in [0.1, 0.15) is 19.4 Å². The summed E-state index contributed by atoms with van der Waals surface area (Å²) in [6, 6.07) is 9.61. The van der Waals surface area contributed by atoms with Crippen LogP contribution in [0.3, 0.4) is 0 Å². The Morgan fingerprint density at radius 3 is 2.50 bits per heavy atom. The molecule has 1 aromatic rings. The van der Waals surface area contributed by atoms with Crippen LogP contribution >= 0.6 is 0 Å². The molecule has 104 valence electrons. The van der Waals surface area contributed by atoms with E-state index >= 15 is 0 Å². The highest BCUT2D eigenvalue weighted by molar-refractivity contribution is 6.09. The molecule has 1 fully saturated rings. The Bertz CT molecular complexity index is 603. The number of hydrogen-bond acceptors (Lipinski definition) is 4. The number of nitrogens with one attached hydrogen (secondary N) is 1. The van der Waals surface area contributed by atoms with Gasteiger partial charge in [0.05, 0.1) is 13.2 Å². The largest absolute Gasteiger partial charge is 0.361 e. The zero-order chi connectivity index (χ0) is 14.3. The van der Waals surface area contributed by atoms with Gasteiger partial charge in [0.25, 0.3) is 0 Å². The van der Waals surface area contributed by atoms with Crippen LogP contribution in [0.25, 0.3) is 5.57 Å². The highest BCUT2D eigenvalue weighted by Gasteiger charge is 2.50. The molecule has 3 rings (SSSR count). The Kier molecular flexibility index (Phi) is 2.87. The van der Waals surface area contributed by atoms with Gasteiger partial charge in [-0.05, 0) is 12.5 Å². The van der Waals surface area contributed by atoms with Crippen LogP contribution in [0.4, 0.5) is 0 Å². The monoisotopic (exact) mass is 272 g/mol. The first-order chi connectivity index (χ1) is 9.51. The summed E-state index contributed by atoms with van der Waals surface area (Å²) in [4.78, 5) is 24.0. The van der Waals surface area contributed by atoms with Gasteiger partial charge < -0.3 is 4.74 Å². The fourth-order valence-corrected chi connectivity index (χ4v) is 2.24. The van der Waals surface area contributed by atoms with Gasteiger partial charge in [0.1, 0.15) is 5.70 Å². The molecule has 0 aliphatic carbocycles. The number of benzene rings is 1. The lowest BCUT2D eigenvalue weighted by molar-refractivity contribution is -0.130. The maximum Gasteiger partial charge on any atom is 0.238 e. The zero-order valence-electron chi connectivity index (χ0n) is 11.5. The standard InChI is InChI=1S/C15H16N2O3/c1-10(18)17-8-12(11-6-4-3-5-7-11)13(16-17)14(19)15(2)9-20-15/h3-7,16H,8-9H2,1-2H3/t15-/m1/s1. The summed E-state index contributed by atoms with van der Waals surface area (Å²) in [6.45, 7) is 4.05. The molecule has 1 saturated heterocycles. The van der Waals surface area contributed by atoms with Gasteiger partial charge in [0.2, 0.25) is 11.7 Å². The number of carbonyl (C=O) groups excluding carboxylic acids is 2. The number of nitrogens with zero attached hydrogens (tertiary/aromatic N) is 1. The summed E-state index contributed by atoms with van der Waals surface area (Å²) in [5.74, 6) is -0.219. The van der Waals surface area contributed by atoms with Crippen LogP contribution in [0.15, 0.2) is 36.0 Å². The molecule has 2 aliphatic heterocycles. The summed E-state index contributed by atoms with van der Waals surface area (Å²) >= 11 is 0. The van der Waals surface area contributed by atoms with E-state index in [1.54, 1.807) is 6.92 Å². The second-order valence-corrected chi connectivity index (χ2v) is 5.29. The van der Waals surface area contributed by atoms with Crippen molar-refractivity contribution in [3.8, 4) is 0 Å². The van der Waals surface area contributed by atoms with Gasteiger partial charge >= 0.3 is 0 Å². The van der Waals surface area contributed by atoms with Crippen LogP contribution < -0.4 is 5.43 Å². The van der Waals surface area contributed by atoms with E-state index in [1.165, 1.54) is 11.9 Å². The van der Waals surface area contributed by atoms with Crippen molar-refractivity contribution >= 4 is 17.3 Å². The number of ether oxygens (including phenoxy) is 1. The average Bonchev–Trinajstić information content (AvgIpc) is 3.05. The second-order valence-electron chi connectivity index (χ2n) is 5.29. The van der Waals surface area contributed by atoms with E-state index in [2.05, 4.69) is 5.43 Å². The molecule has 0 radical (unpaired) electrons. The Morgan fingerprint density at radius 1 is 1.30 bits per heavy atom. The number of epoxide rings is 1. The summed E-state index contributed by atoms with van der Waals surface area (Å²) in [5.41, 5.74) is 4.42. The quantitative estimate of drug-likeness (QED) is 0.838. The van der Waals surface area contributed by atoms with Crippen molar-refractivity contribution in [2.24, 2.45) is 0 Å².